The number of rotatable bonds is 8. The van der Waals surface area contributed by atoms with E-state index in [1.807, 2.05) is 26.0 Å². The zero-order valence-corrected chi connectivity index (χ0v) is 31.5. The average molecular weight is 745 g/mol. The molecule has 6 unspecified atom stereocenters. The number of methoxy groups -OCH3 is 2. The van der Waals surface area contributed by atoms with Crippen LogP contribution < -0.4 is 0 Å². The van der Waals surface area contributed by atoms with Crippen molar-refractivity contribution in [2.45, 2.75) is 65.8 Å². The molecule has 6 atom stereocenters. The predicted molar refractivity (Wildman–Crippen MR) is 200 cm³/mol. The molecular formula is C41H48N2O11. The number of oxazole rings is 2. The highest BCUT2D eigenvalue weighted by Gasteiger charge is 2.50. The molecular weight excluding hydrogens is 696 g/mol. The van der Waals surface area contributed by atoms with Crippen LogP contribution in [-0.4, -0.2) is 71.5 Å². The first-order valence-corrected chi connectivity index (χ1v) is 17.3. The van der Waals surface area contributed by atoms with Crippen LogP contribution in [0, 0.1) is 16.7 Å². The molecule has 13 nitrogen and oxygen atoms in total. The molecule has 1 aliphatic heterocycles. The van der Waals surface area contributed by atoms with E-state index in [1.54, 1.807) is 80.7 Å². The summed E-state index contributed by atoms with van der Waals surface area (Å²) in [6, 6.07) is 0. The first kappa shape index (κ1) is 42.6. The summed E-state index contributed by atoms with van der Waals surface area (Å²) in [5.74, 6) is -3.13. The quantitative estimate of drug-likeness (QED) is 0.167. The highest BCUT2D eigenvalue weighted by Crippen LogP contribution is 2.38. The number of fused-ring (bicyclic) bond motifs is 4. The van der Waals surface area contributed by atoms with Crippen LogP contribution in [0.2, 0.25) is 0 Å². The van der Waals surface area contributed by atoms with Gasteiger partial charge >= 0.3 is 23.9 Å². The summed E-state index contributed by atoms with van der Waals surface area (Å²) in [5, 5.41) is 11.0. The van der Waals surface area contributed by atoms with Gasteiger partial charge in [0, 0.05) is 25.0 Å². The lowest BCUT2D eigenvalue weighted by atomic mass is 9.72. The SMILES string of the molecule is C/C=C/C(C)C(C)(C(=O)OC)C1C\C=C/C=C/C=C/c2nc(co2)C(=O)OC(C(C)(C(=O)OC)C(O)/C=C/C)C\C=C/C=C/C=C/c2nc(co2)C(=O)O1. The number of carbonyl (C=O) groups is 4. The second-order valence-corrected chi connectivity index (χ2v) is 12.6. The largest absolute Gasteiger partial charge is 0.468 e. The van der Waals surface area contributed by atoms with Crippen LogP contribution in [0.3, 0.4) is 0 Å². The van der Waals surface area contributed by atoms with Gasteiger partial charge < -0.3 is 32.9 Å². The van der Waals surface area contributed by atoms with Crippen molar-refractivity contribution in [1.29, 1.82) is 0 Å². The molecule has 3 heterocycles. The Balaban J connectivity index is 2.02. The standard InChI is InChI=1S/C41H48N2O11/c1-8-20-28(3)40(4,38(47)49-6)32-22-16-12-10-14-18-25-35-43-30(27-52-35)37(46)54-33(41(5,39(48)50-7)31(44)21-9-2)23-17-13-11-15-19-24-34-42-29(26-51-34)36(45)53-32/h8-21,24-28,31-33,44H,22-23H2,1-7H3/b14-10+,15-11+,16-12-,17-13-,20-8+,21-9+,24-19+,25-18+. The van der Waals surface area contributed by atoms with Crippen molar-refractivity contribution in [3.63, 3.8) is 0 Å². The molecule has 0 aliphatic carbocycles. The lowest BCUT2D eigenvalue weighted by molar-refractivity contribution is -0.167. The van der Waals surface area contributed by atoms with Crippen molar-refractivity contribution in [1.82, 2.24) is 9.97 Å². The Hall–Kier alpha value is -5.82. The molecule has 0 fully saturated rings. The van der Waals surface area contributed by atoms with Gasteiger partial charge in [0.2, 0.25) is 11.8 Å². The molecule has 2 aromatic heterocycles. The number of ether oxygens (including phenoxy) is 4. The Morgan fingerprint density at radius 2 is 1.17 bits per heavy atom. The lowest BCUT2D eigenvalue weighted by Crippen LogP contribution is -2.50. The normalized spacial score (nSPS) is 24.4. The molecule has 0 aromatic carbocycles. The first-order chi connectivity index (χ1) is 25.9. The van der Waals surface area contributed by atoms with Gasteiger partial charge in [-0.05, 0) is 33.6 Å². The van der Waals surface area contributed by atoms with Crippen LogP contribution in [0.25, 0.3) is 12.2 Å². The molecule has 288 valence electrons. The summed E-state index contributed by atoms with van der Waals surface area (Å²) >= 11 is 0. The fraction of sp³-hybridized carbons (Fsp3) is 0.366. The maximum Gasteiger partial charge on any atom is 0.360 e. The smallest absolute Gasteiger partial charge is 0.360 e. The van der Waals surface area contributed by atoms with Crippen molar-refractivity contribution in [3.05, 3.63) is 121 Å². The zero-order chi connectivity index (χ0) is 39.7. The second kappa shape index (κ2) is 20.4. The van der Waals surface area contributed by atoms with Gasteiger partial charge in [-0.3, -0.25) is 9.59 Å². The van der Waals surface area contributed by atoms with E-state index in [-0.39, 0.29) is 41.9 Å². The number of allylic oxidation sites excluding steroid dienone is 11. The Morgan fingerprint density at radius 1 is 0.741 bits per heavy atom. The lowest BCUT2D eigenvalue weighted by Gasteiger charge is -2.37. The molecule has 54 heavy (non-hydrogen) atoms. The third kappa shape index (κ3) is 10.6. The third-order valence-corrected chi connectivity index (χ3v) is 9.08. The molecule has 0 amide bonds. The molecule has 0 radical (unpaired) electrons. The minimum atomic E-state index is -1.69. The summed E-state index contributed by atoms with van der Waals surface area (Å²) in [4.78, 5) is 61.3. The fourth-order valence-corrected chi connectivity index (χ4v) is 5.58. The maximum atomic E-state index is 13.4. The molecule has 3 rings (SSSR count). The van der Waals surface area contributed by atoms with E-state index in [0.717, 1.165) is 6.26 Å². The molecule has 2 aromatic rings. The topological polar surface area (TPSA) is 177 Å². The molecule has 1 N–H and O–H groups in total. The van der Waals surface area contributed by atoms with Crippen molar-refractivity contribution >= 4 is 36.0 Å². The first-order valence-electron chi connectivity index (χ1n) is 17.3. The third-order valence-electron chi connectivity index (χ3n) is 9.08. The van der Waals surface area contributed by atoms with E-state index in [4.69, 9.17) is 27.8 Å². The van der Waals surface area contributed by atoms with Crippen LogP contribution in [0.5, 0.6) is 0 Å². The van der Waals surface area contributed by atoms with Gasteiger partial charge in [-0.25, -0.2) is 19.6 Å². The molecule has 1 aliphatic rings. The number of hydrogen-bond acceptors (Lipinski definition) is 13. The monoisotopic (exact) mass is 744 g/mol. The molecule has 13 heteroatoms. The van der Waals surface area contributed by atoms with E-state index in [9.17, 15) is 24.3 Å². The fourth-order valence-electron chi connectivity index (χ4n) is 5.58. The minimum Gasteiger partial charge on any atom is -0.468 e. The predicted octanol–water partition coefficient (Wildman–Crippen LogP) is 6.97. The van der Waals surface area contributed by atoms with Gasteiger partial charge in [0.1, 0.15) is 35.6 Å². The van der Waals surface area contributed by atoms with Gasteiger partial charge in [0.15, 0.2) is 11.4 Å². The summed E-state index contributed by atoms with van der Waals surface area (Å²) < 4.78 is 32.8. The van der Waals surface area contributed by atoms with Crippen molar-refractivity contribution in [3.8, 4) is 0 Å². The van der Waals surface area contributed by atoms with Crippen LogP contribution in [0.4, 0.5) is 0 Å². The van der Waals surface area contributed by atoms with Gasteiger partial charge in [0.25, 0.3) is 0 Å². The Labute approximate surface area is 315 Å². The number of carbonyl (C=O) groups excluding carboxylic acids is 4. The minimum absolute atomic E-state index is 0.0116. The van der Waals surface area contributed by atoms with Crippen molar-refractivity contribution < 1.29 is 52.1 Å². The number of cyclic esters (lactones) is 2. The number of aliphatic hydroxyl groups excluding tert-OH is 1. The molecule has 4 bridgehead atoms. The summed E-state index contributed by atoms with van der Waals surface area (Å²) in [7, 11) is 2.47. The van der Waals surface area contributed by atoms with Crippen molar-refractivity contribution in [2.75, 3.05) is 14.2 Å². The maximum absolute atomic E-state index is 13.4. The summed E-state index contributed by atoms with van der Waals surface area (Å²) in [5.41, 5.74) is -3.19. The average Bonchev–Trinajstić information content (AvgIpc) is 3.85. The van der Waals surface area contributed by atoms with Crippen LogP contribution >= 0.6 is 0 Å². The van der Waals surface area contributed by atoms with Gasteiger partial charge in [-0.15, -0.1) is 0 Å². The van der Waals surface area contributed by atoms with E-state index < -0.39 is 53.0 Å². The van der Waals surface area contributed by atoms with Crippen LogP contribution in [0.15, 0.2) is 106 Å². The molecule has 0 saturated heterocycles. The van der Waals surface area contributed by atoms with E-state index >= 15 is 0 Å². The highest BCUT2D eigenvalue weighted by molar-refractivity contribution is 5.88. The number of nitrogens with zero attached hydrogens (tertiary/aromatic N) is 2. The van der Waals surface area contributed by atoms with E-state index in [0.29, 0.717) is 0 Å². The highest BCUT2D eigenvalue weighted by atomic mass is 16.6. The van der Waals surface area contributed by atoms with Crippen LogP contribution in [-0.2, 0) is 28.5 Å². The van der Waals surface area contributed by atoms with E-state index in [1.165, 1.54) is 45.6 Å². The van der Waals surface area contributed by atoms with Gasteiger partial charge in [0.05, 0.1) is 20.3 Å². The Morgan fingerprint density at radius 3 is 1.61 bits per heavy atom. The number of esters is 4. The summed E-state index contributed by atoms with van der Waals surface area (Å²) in [6.45, 7) is 8.50. The van der Waals surface area contributed by atoms with E-state index in [2.05, 4.69) is 9.97 Å². The Bertz CT molecular complexity index is 1710. The number of aromatic nitrogens is 2. The zero-order valence-electron chi connectivity index (χ0n) is 31.5. The molecule has 0 spiro atoms. The van der Waals surface area contributed by atoms with Crippen LogP contribution in [0.1, 0.15) is 80.2 Å². The van der Waals surface area contributed by atoms with Crippen molar-refractivity contribution in [2.24, 2.45) is 16.7 Å². The van der Waals surface area contributed by atoms with Gasteiger partial charge in [-0.1, -0.05) is 92.0 Å². The number of aliphatic hydroxyl groups is 1. The van der Waals surface area contributed by atoms with Gasteiger partial charge in [-0.2, -0.15) is 0 Å². The molecule has 0 saturated carbocycles. The number of hydrogen-bond donors (Lipinski definition) is 1. The Kier molecular flexibility index (Phi) is 16.1. The summed E-state index contributed by atoms with van der Waals surface area (Å²) in [6.07, 6.45) is 25.4. The second-order valence-electron chi connectivity index (χ2n) is 12.6.